The first-order valence-electron chi connectivity index (χ1n) is 15.5. The fraction of sp³-hybridized carbons (Fsp3) is 0.286. The van der Waals surface area contributed by atoms with Crippen LogP contribution in [0.2, 0.25) is 5.02 Å². The molecule has 0 spiro atoms. The molecule has 0 radical (unpaired) electrons. The van der Waals surface area contributed by atoms with E-state index >= 15 is 4.39 Å². The highest BCUT2D eigenvalue weighted by Gasteiger charge is 2.31. The third-order valence-corrected chi connectivity index (χ3v) is 8.71. The van der Waals surface area contributed by atoms with E-state index in [1.165, 1.54) is 15.5 Å². The molecular weight excluding hydrogens is 664 g/mol. The average molecular weight is 695 g/mol. The number of benzene rings is 2. The molecule has 3 aromatic heterocycles. The fourth-order valence-corrected chi connectivity index (χ4v) is 6.27. The number of hydrogen-bond donors (Lipinski definition) is 0. The van der Waals surface area contributed by atoms with Crippen molar-refractivity contribution in [3.63, 3.8) is 0 Å². The molecule has 0 aliphatic carbocycles. The molecule has 14 heteroatoms. The lowest BCUT2D eigenvalue weighted by Gasteiger charge is -2.40. The number of aromatic nitrogens is 4. The van der Waals surface area contributed by atoms with Crippen LogP contribution < -0.4 is 15.3 Å². The van der Waals surface area contributed by atoms with E-state index in [1.54, 1.807) is 36.5 Å². The van der Waals surface area contributed by atoms with E-state index in [-0.39, 0.29) is 53.3 Å². The first kappa shape index (κ1) is 33.8. The number of amides is 1. The van der Waals surface area contributed by atoms with E-state index in [1.807, 2.05) is 32.6 Å². The summed E-state index contributed by atoms with van der Waals surface area (Å²) >= 11 is 6.77. The van der Waals surface area contributed by atoms with E-state index in [4.69, 9.17) is 21.3 Å². The first-order valence-corrected chi connectivity index (χ1v) is 15.9. The topological polar surface area (TPSA) is 93.5 Å². The van der Waals surface area contributed by atoms with Crippen LogP contribution in [0.15, 0.2) is 59.5 Å². The van der Waals surface area contributed by atoms with E-state index < -0.39 is 53.3 Å². The van der Waals surface area contributed by atoms with Gasteiger partial charge in [-0.15, -0.1) is 0 Å². The van der Waals surface area contributed by atoms with Crippen molar-refractivity contribution >= 4 is 34.4 Å². The van der Waals surface area contributed by atoms with Crippen molar-refractivity contribution in [2.24, 2.45) is 0 Å². The number of carbonyl (C=O) groups is 1. The van der Waals surface area contributed by atoms with Crippen LogP contribution in [0, 0.1) is 30.2 Å². The molecule has 4 heterocycles. The number of fused-ring (bicyclic) bond motifs is 1. The lowest BCUT2D eigenvalue weighted by molar-refractivity contribution is -0.134. The Hall–Kier alpha value is -5.04. The predicted molar refractivity (Wildman–Crippen MR) is 177 cm³/mol. The molecule has 1 amide bonds. The molecule has 0 bridgehead atoms. The average Bonchev–Trinajstić information content (AvgIpc) is 3.06. The molecule has 1 fully saturated rings. The summed E-state index contributed by atoms with van der Waals surface area (Å²) in [5.41, 5.74) is 1.76. The minimum Gasteiger partial charge on any atom is -0.480 e. The van der Waals surface area contributed by atoms with Gasteiger partial charge >= 0.3 is 5.69 Å². The summed E-state index contributed by atoms with van der Waals surface area (Å²) in [6.45, 7) is 7.47. The Bertz CT molecular complexity index is 2160. The molecule has 0 unspecified atom stereocenters. The number of piperazine rings is 1. The molecule has 9 nitrogen and oxygen atoms in total. The molecular formula is C35H31ClF4N6O3. The lowest BCUT2D eigenvalue weighted by atomic mass is 10.0. The molecule has 1 aliphatic heterocycles. The molecule has 0 N–H and O–H groups in total. The van der Waals surface area contributed by atoms with Gasteiger partial charge in [0.2, 0.25) is 5.82 Å². The summed E-state index contributed by atoms with van der Waals surface area (Å²) < 4.78 is 62.8. The van der Waals surface area contributed by atoms with Gasteiger partial charge in [-0.2, -0.15) is 9.37 Å². The Kier molecular flexibility index (Phi) is 9.30. The van der Waals surface area contributed by atoms with Gasteiger partial charge in [0, 0.05) is 49.6 Å². The third kappa shape index (κ3) is 6.42. The Balaban J connectivity index is 1.40. The summed E-state index contributed by atoms with van der Waals surface area (Å²) in [6, 6.07) is 10.1. The highest BCUT2D eigenvalue weighted by atomic mass is 35.5. The Morgan fingerprint density at radius 2 is 1.80 bits per heavy atom. The predicted octanol–water partition coefficient (Wildman–Crippen LogP) is 6.60. The molecule has 254 valence electrons. The number of ether oxygens (including phenoxy) is 1. The van der Waals surface area contributed by atoms with Crippen LogP contribution in [0.5, 0.6) is 5.75 Å². The van der Waals surface area contributed by atoms with Gasteiger partial charge < -0.3 is 14.5 Å². The maximum atomic E-state index is 15.0. The monoisotopic (exact) mass is 694 g/mol. The molecule has 5 aromatic rings. The van der Waals surface area contributed by atoms with Crippen molar-refractivity contribution < 1.29 is 27.1 Å². The van der Waals surface area contributed by atoms with Crippen LogP contribution in [0.3, 0.4) is 0 Å². The first-order chi connectivity index (χ1) is 23.3. The van der Waals surface area contributed by atoms with Gasteiger partial charge in [0.15, 0.2) is 23.8 Å². The SMILES string of the molecule is Cc1ccnc(C(C)C)c1-n1c(=O)nc(N2CCN(C(=O)COc3cc(F)cc(F)c3F)C[C@@H]2C)c2cc(Cl)c(-c3ccccc3F)nc21. The van der Waals surface area contributed by atoms with Crippen LogP contribution in [0.1, 0.15) is 37.9 Å². The van der Waals surface area contributed by atoms with Gasteiger partial charge in [-0.25, -0.2) is 27.5 Å². The minimum atomic E-state index is -1.43. The Labute approximate surface area is 283 Å². The number of aryl methyl sites for hydroxylation is 1. The smallest absolute Gasteiger partial charge is 0.355 e. The summed E-state index contributed by atoms with van der Waals surface area (Å²) in [4.78, 5) is 44.3. The number of carbonyl (C=O) groups excluding carboxylic acids is 1. The largest absolute Gasteiger partial charge is 0.480 e. The molecule has 0 saturated carbocycles. The van der Waals surface area contributed by atoms with Crippen molar-refractivity contribution in [1.29, 1.82) is 0 Å². The summed E-state index contributed by atoms with van der Waals surface area (Å²) in [7, 11) is 0. The molecule has 49 heavy (non-hydrogen) atoms. The Morgan fingerprint density at radius 3 is 2.51 bits per heavy atom. The van der Waals surface area contributed by atoms with E-state index in [9.17, 15) is 22.8 Å². The number of rotatable bonds is 7. The number of nitrogens with zero attached hydrogens (tertiary/aromatic N) is 6. The zero-order valence-electron chi connectivity index (χ0n) is 27.0. The summed E-state index contributed by atoms with van der Waals surface area (Å²) in [5.74, 6) is -5.45. The quantitative estimate of drug-likeness (QED) is 0.140. The normalized spacial score (nSPS) is 14.9. The second kappa shape index (κ2) is 13.5. The van der Waals surface area contributed by atoms with Crippen LogP contribution >= 0.6 is 11.6 Å². The van der Waals surface area contributed by atoms with Crippen molar-refractivity contribution in [3.8, 4) is 22.7 Å². The second-order valence-corrected chi connectivity index (χ2v) is 12.5. The van der Waals surface area contributed by atoms with Crippen molar-refractivity contribution in [3.05, 3.63) is 105 Å². The van der Waals surface area contributed by atoms with Crippen molar-refractivity contribution in [2.45, 2.75) is 39.7 Å². The standard InChI is InChI=1S/C35H31ClF4N6O3/c1-18(2)30-32(19(3)9-10-41-30)46-34-23(15-24(36)31(42-34)22-7-5-6-8-25(22)38)33(43-35(46)48)45-12-11-44(16-20(45)4)28(47)17-49-27-14-21(37)13-26(39)29(27)40/h5-10,13-15,18,20H,11-12,16-17H2,1-4H3/t20-/m0/s1. The second-order valence-electron chi connectivity index (χ2n) is 12.1. The van der Waals surface area contributed by atoms with E-state index in [2.05, 4.69) is 9.97 Å². The zero-order valence-corrected chi connectivity index (χ0v) is 27.7. The molecule has 1 atom stereocenters. The van der Waals surface area contributed by atoms with Gasteiger partial charge in [0.25, 0.3) is 5.91 Å². The van der Waals surface area contributed by atoms with E-state index in [0.717, 1.165) is 5.56 Å². The van der Waals surface area contributed by atoms with Gasteiger partial charge in [0.05, 0.1) is 27.5 Å². The van der Waals surface area contributed by atoms with Crippen LogP contribution in [0.4, 0.5) is 23.4 Å². The van der Waals surface area contributed by atoms with E-state index in [0.29, 0.717) is 28.9 Å². The summed E-state index contributed by atoms with van der Waals surface area (Å²) in [5, 5.41) is 0.554. The molecule has 2 aromatic carbocycles. The zero-order chi connectivity index (χ0) is 35.1. The van der Waals surface area contributed by atoms with Gasteiger partial charge in [-0.3, -0.25) is 9.78 Å². The summed E-state index contributed by atoms with van der Waals surface area (Å²) in [6.07, 6.45) is 1.67. The molecule has 1 saturated heterocycles. The highest BCUT2D eigenvalue weighted by molar-refractivity contribution is 6.33. The van der Waals surface area contributed by atoms with Gasteiger partial charge in [0.1, 0.15) is 17.5 Å². The lowest BCUT2D eigenvalue weighted by Crippen LogP contribution is -2.55. The van der Waals surface area contributed by atoms with Crippen LogP contribution in [-0.4, -0.2) is 62.6 Å². The number of halogens is 5. The number of anilines is 1. The highest BCUT2D eigenvalue weighted by Crippen LogP contribution is 2.36. The minimum absolute atomic E-state index is 0.0686. The maximum absolute atomic E-state index is 15.0. The van der Waals surface area contributed by atoms with Crippen LogP contribution in [0.25, 0.3) is 28.0 Å². The van der Waals surface area contributed by atoms with Crippen molar-refractivity contribution in [2.75, 3.05) is 31.1 Å². The number of hydrogen-bond acceptors (Lipinski definition) is 7. The third-order valence-electron chi connectivity index (χ3n) is 8.42. The molecule has 6 rings (SSSR count). The van der Waals surface area contributed by atoms with Gasteiger partial charge in [-0.05, 0) is 49.6 Å². The Morgan fingerprint density at radius 1 is 1.04 bits per heavy atom. The van der Waals surface area contributed by atoms with Crippen molar-refractivity contribution in [1.82, 2.24) is 24.4 Å². The number of pyridine rings is 2. The van der Waals surface area contributed by atoms with Crippen LogP contribution in [-0.2, 0) is 4.79 Å². The van der Waals surface area contributed by atoms with Gasteiger partial charge in [-0.1, -0.05) is 37.6 Å². The maximum Gasteiger partial charge on any atom is 0.355 e. The fourth-order valence-electron chi connectivity index (χ4n) is 6.02. The molecule has 1 aliphatic rings.